The Bertz CT molecular complexity index is 457. The Kier molecular flexibility index (Phi) is 4.99. The highest BCUT2D eigenvalue weighted by Gasteiger charge is 2.35. The third-order valence-electron chi connectivity index (χ3n) is 3.38. The number of ether oxygens (including phenoxy) is 1. The third kappa shape index (κ3) is 4.18. The van der Waals surface area contributed by atoms with Gasteiger partial charge in [-0.25, -0.2) is 9.78 Å². The topological polar surface area (TPSA) is 54.5 Å². The molecule has 0 radical (unpaired) electrons. The van der Waals surface area contributed by atoms with Crippen molar-refractivity contribution in [1.82, 2.24) is 15.2 Å². The first kappa shape index (κ1) is 15.3. The number of carbonyl (C=O) groups excluding carboxylic acids is 1. The van der Waals surface area contributed by atoms with Crippen molar-refractivity contribution in [2.45, 2.75) is 26.7 Å². The van der Waals surface area contributed by atoms with E-state index in [-0.39, 0.29) is 11.4 Å². The second-order valence-electron chi connectivity index (χ2n) is 5.88. The number of amides is 2. The number of hydrogen-bond donors (Lipinski definition) is 1. The second-order valence-corrected chi connectivity index (χ2v) is 6.82. The molecule has 0 aliphatic carbocycles. The average molecular weight is 297 g/mol. The van der Waals surface area contributed by atoms with Crippen molar-refractivity contribution in [1.29, 1.82) is 0 Å². The van der Waals surface area contributed by atoms with E-state index in [0.29, 0.717) is 6.54 Å². The lowest BCUT2D eigenvalue weighted by Gasteiger charge is -2.40. The fourth-order valence-corrected chi connectivity index (χ4v) is 3.09. The molecule has 2 rings (SSSR count). The zero-order chi connectivity index (χ0) is 14.6. The number of rotatable bonds is 6. The zero-order valence-electron chi connectivity index (χ0n) is 12.4. The highest BCUT2D eigenvalue weighted by Crippen LogP contribution is 2.27. The molecule has 1 aliphatic rings. The number of nitrogens with one attached hydrogen (secondary N) is 1. The van der Waals surface area contributed by atoms with Crippen molar-refractivity contribution < 1.29 is 9.53 Å². The number of thiazole rings is 1. The molecule has 1 aromatic rings. The summed E-state index contributed by atoms with van der Waals surface area (Å²) in [4.78, 5) is 18.1. The van der Waals surface area contributed by atoms with Crippen LogP contribution in [0.5, 0.6) is 0 Å². The van der Waals surface area contributed by atoms with Gasteiger partial charge in [-0.2, -0.15) is 0 Å². The van der Waals surface area contributed by atoms with Gasteiger partial charge >= 0.3 is 6.03 Å². The standard InChI is InChI=1S/C14H23N3O2S/c1-11-7-20-12(16-11)5-4-6-15-13(18)17(3)8-14(2)9-19-10-14/h7H,4-6,8-10H2,1-3H3,(H,15,18). The van der Waals surface area contributed by atoms with E-state index in [0.717, 1.165) is 43.3 Å². The summed E-state index contributed by atoms with van der Waals surface area (Å²) in [5, 5.41) is 6.15. The molecule has 0 spiro atoms. The normalized spacial score (nSPS) is 16.6. The first-order valence-electron chi connectivity index (χ1n) is 6.96. The van der Waals surface area contributed by atoms with E-state index in [9.17, 15) is 4.79 Å². The Morgan fingerprint density at radius 3 is 2.90 bits per heavy atom. The number of hydrogen-bond acceptors (Lipinski definition) is 4. The average Bonchev–Trinajstić information content (AvgIpc) is 2.78. The molecular formula is C14H23N3O2S. The molecule has 1 aromatic heterocycles. The van der Waals surface area contributed by atoms with E-state index in [1.807, 2.05) is 14.0 Å². The minimum absolute atomic E-state index is 0.00607. The molecular weight excluding hydrogens is 274 g/mol. The van der Waals surface area contributed by atoms with Crippen LogP contribution < -0.4 is 5.32 Å². The highest BCUT2D eigenvalue weighted by atomic mass is 32.1. The maximum atomic E-state index is 11.9. The Morgan fingerprint density at radius 1 is 1.60 bits per heavy atom. The van der Waals surface area contributed by atoms with Gasteiger partial charge in [0.15, 0.2) is 0 Å². The maximum absolute atomic E-state index is 11.9. The van der Waals surface area contributed by atoms with Gasteiger partial charge in [0.1, 0.15) is 0 Å². The van der Waals surface area contributed by atoms with Gasteiger partial charge in [-0.15, -0.1) is 11.3 Å². The van der Waals surface area contributed by atoms with E-state index < -0.39 is 0 Å². The van der Waals surface area contributed by atoms with Crippen LogP contribution in [0, 0.1) is 12.3 Å². The van der Waals surface area contributed by atoms with Gasteiger partial charge in [0, 0.05) is 43.0 Å². The SMILES string of the molecule is Cc1csc(CCCNC(=O)N(C)CC2(C)COC2)n1. The van der Waals surface area contributed by atoms with Crippen LogP contribution in [-0.4, -0.2) is 49.3 Å². The van der Waals surface area contributed by atoms with Crippen LogP contribution in [0.1, 0.15) is 24.0 Å². The summed E-state index contributed by atoms with van der Waals surface area (Å²) in [6.45, 7) is 7.06. The number of urea groups is 1. The van der Waals surface area contributed by atoms with Crippen LogP contribution in [0.4, 0.5) is 4.79 Å². The summed E-state index contributed by atoms with van der Waals surface area (Å²) in [5.74, 6) is 0. The van der Waals surface area contributed by atoms with Crippen molar-refractivity contribution >= 4 is 17.4 Å². The van der Waals surface area contributed by atoms with Crippen LogP contribution in [0.15, 0.2) is 5.38 Å². The first-order chi connectivity index (χ1) is 9.48. The molecule has 0 saturated carbocycles. The van der Waals surface area contributed by atoms with Crippen molar-refractivity contribution in [3.63, 3.8) is 0 Å². The fourth-order valence-electron chi connectivity index (χ4n) is 2.27. The summed E-state index contributed by atoms with van der Waals surface area (Å²) in [5.41, 5.74) is 1.20. The molecule has 0 atom stereocenters. The van der Waals surface area contributed by atoms with Gasteiger partial charge in [-0.3, -0.25) is 0 Å². The van der Waals surface area contributed by atoms with Crippen LogP contribution in [0.3, 0.4) is 0 Å². The Balaban J connectivity index is 1.62. The summed E-state index contributed by atoms with van der Waals surface area (Å²) in [7, 11) is 1.84. The lowest BCUT2D eigenvalue weighted by molar-refractivity contribution is -0.108. The lowest BCUT2D eigenvalue weighted by Crippen LogP contribution is -2.51. The molecule has 1 aliphatic heterocycles. The van der Waals surface area contributed by atoms with Gasteiger partial charge < -0.3 is 15.0 Å². The monoisotopic (exact) mass is 297 g/mol. The second kappa shape index (κ2) is 6.54. The van der Waals surface area contributed by atoms with Crippen LogP contribution >= 0.6 is 11.3 Å². The minimum atomic E-state index is -0.00607. The van der Waals surface area contributed by atoms with E-state index in [4.69, 9.17) is 4.74 Å². The van der Waals surface area contributed by atoms with E-state index >= 15 is 0 Å². The van der Waals surface area contributed by atoms with Gasteiger partial charge in [-0.1, -0.05) is 6.92 Å². The summed E-state index contributed by atoms with van der Waals surface area (Å²) in [6, 6.07) is -0.00607. The molecule has 0 bridgehead atoms. The summed E-state index contributed by atoms with van der Waals surface area (Å²) >= 11 is 1.69. The number of carbonyl (C=O) groups is 1. The maximum Gasteiger partial charge on any atom is 0.317 e. The number of nitrogens with zero attached hydrogens (tertiary/aromatic N) is 2. The minimum Gasteiger partial charge on any atom is -0.380 e. The van der Waals surface area contributed by atoms with Crippen LogP contribution in [-0.2, 0) is 11.2 Å². The predicted octanol–water partition coefficient (Wildman–Crippen LogP) is 2.06. The van der Waals surface area contributed by atoms with Crippen LogP contribution in [0.2, 0.25) is 0 Å². The van der Waals surface area contributed by atoms with E-state index in [2.05, 4.69) is 22.6 Å². The van der Waals surface area contributed by atoms with Crippen LogP contribution in [0.25, 0.3) is 0 Å². The lowest BCUT2D eigenvalue weighted by atomic mass is 9.88. The quantitative estimate of drug-likeness (QED) is 0.818. The molecule has 5 nitrogen and oxygen atoms in total. The molecule has 0 unspecified atom stereocenters. The molecule has 1 fully saturated rings. The third-order valence-corrected chi connectivity index (χ3v) is 4.40. The highest BCUT2D eigenvalue weighted by molar-refractivity contribution is 7.09. The smallest absolute Gasteiger partial charge is 0.317 e. The largest absolute Gasteiger partial charge is 0.380 e. The van der Waals surface area contributed by atoms with Gasteiger partial charge in [-0.05, 0) is 13.3 Å². The molecule has 6 heteroatoms. The predicted molar refractivity (Wildman–Crippen MR) is 80.1 cm³/mol. The van der Waals surface area contributed by atoms with Gasteiger partial charge in [0.25, 0.3) is 0 Å². The Hall–Kier alpha value is -1.14. The van der Waals surface area contributed by atoms with Gasteiger partial charge in [0.2, 0.25) is 0 Å². The van der Waals surface area contributed by atoms with E-state index in [1.165, 1.54) is 0 Å². The van der Waals surface area contributed by atoms with Crippen molar-refractivity contribution in [3.05, 3.63) is 16.1 Å². The number of aryl methyl sites for hydroxylation is 2. The Morgan fingerprint density at radius 2 is 2.35 bits per heavy atom. The summed E-state index contributed by atoms with van der Waals surface area (Å²) in [6.07, 6.45) is 1.85. The van der Waals surface area contributed by atoms with E-state index in [1.54, 1.807) is 16.2 Å². The summed E-state index contributed by atoms with van der Waals surface area (Å²) < 4.78 is 5.20. The molecule has 2 amide bonds. The molecule has 1 N–H and O–H groups in total. The van der Waals surface area contributed by atoms with Crippen molar-refractivity contribution in [2.75, 3.05) is 33.4 Å². The molecule has 2 heterocycles. The zero-order valence-corrected chi connectivity index (χ0v) is 13.3. The molecule has 0 aromatic carbocycles. The number of aromatic nitrogens is 1. The molecule has 112 valence electrons. The first-order valence-corrected chi connectivity index (χ1v) is 7.84. The fraction of sp³-hybridized carbons (Fsp3) is 0.714. The van der Waals surface area contributed by atoms with Crippen molar-refractivity contribution in [2.24, 2.45) is 5.41 Å². The molecule has 20 heavy (non-hydrogen) atoms. The van der Waals surface area contributed by atoms with Gasteiger partial charge in [0.05, 0.1) is 18.2 Å². The van der Waals surface area contributed by atoms with Crippen molar-refractivity contribution in [3.8, 4) is 0 Å². The Labute approximate surface area is 124 Å². The molecule has 1 saturated heterocycles.